The highest BCUT2D eigenvalue weighted by atomic mass is 35.5. The van der Waals surface area contributed by atoms with E-state index in [9.17, 15) is 5.26 Å². The molecule has 0 radical (unpaired) electrons. The molecular weight excluding hydrogens is 318 g/mol. The third-order valence-electron chi connectivity index (χ3n) is 3.02. The van der Waals surface area contributed by atoms with E-state index >= 15 is 0 Å². The number of halogens is 1. The summed E-state index contributed by atoms with van der Waals surface area (Å²) in [6, 6.07) is 8.75. The average Bonchev–Trinajstić information content (AvgIpc) is 2.59. The van der Waals surface area contributed by atoms with Crippen molar-refractivity contribution in [2.24, 2.45) is 0 Å². The number of pyridine rings is 1. The van der Waals surface area contributed by atoms with Crippen LogP contribution in [0.4, 0.5) is 5.69 Å². The first-order valence-corrected chi connectivity index (χ1v) is 6.93. The van der Waals surface area contributed by atoms with Gasteiger partial charge in [-0.05, 0) is 17.7 Å². The summed E-state index contributed by atoms with van der Waals surface area (Å²) in [6.07, 6.45) is 0. The van der Waals surface area contributed by atoms with Crippen molar-refractivity contribution in [2.45, 2.75) is 0 Å². The fraction of sp³-hybridized carbons (Fsp3) is 0.188. The molecule has 1 aromatic carbocycles. The minimum atomic E-state index is -0.0840. The molecule has 116 valence electrons. The summed E-state index contributed by atoms with van der Waals surface area (Å²) in [5, 5.41) is 18.1. The molecule has 0 saturated carbocycles. The zero-order chi connectivity index (χ0) is 16.8. The molecule has 0 aliphatic rings. The van der Waals surface area contributed by atoms with Gasteiger partial charge in [-0.2, -0.15) is 5.26 Å². The lowest BCUT2D eigenvalue weighted by atomic mass is 10.00. The second-order valence-corrected chi connectivity index (χ2v) is 4.69. The SMILES string of the molecule is [C-]#[N+]c1c(OC)nc(Cl)c(C#N)c1-c1ccc(OCCO)cc1. The first-order valence-electron chi connectivity index (χ1n) is 6.55. The normalized spacial score (nSPS) is 9.78. The Balaban J connectivity index is 2.60. The van der Waals surface area contributed by atoms with E-state index < -0.39 is 0 Å². The predicted octanol–water partition coefficient (Wildman–Crippen LogP) is 3.20. The molecule has 23 heavy (non-hydrogen) atoms. The first kappa shape index (κ1) is 16.6. The third kappa shape index (κ3) is 3.35. The van der Waals surface area contributed by atoms with Crippen LogP contribution in [0.25, 0.3) is 16.0 Å². The Bertz CT molecular complexity index is 792. The van der Waals surface area contributed by atoms with E-state index in [1.54, 1.807) is 24.3 Å². The number of rotatable bonds is 5. The van der Waals surface area contributed by atoms with Gasteiger partial charge in [0, 0.05) is 5.56 Å². The van der Waals surface area contributed by atoms with Crippen LogP contribution in [0.5, 0.6) is 11.6 Å². The lowest BCUT2D eigenvalue weighted by Crippen LogP contribution is -2.01. The minimum absolute atomic E-state index is 0.0210. The van der Waals surface area contributed by atoms with Crippen LogP contribution in [-0.2, 0) is 0 Å². The van der Waals surface area contributed by atoms with Crippen LogP contribution < -0.4 is 9.47 Å². The summed E-state index contributed by atoms with van der Waals surface area (Å²) >= 11 is 6.02. The zero-order valence-corrected chi connectivity index (χ0v) is 13.0. The van der Waals surface area contributed by atoms with Gasteiger partial charge in [0.25, 0.3) is 5.69 Å². The molecule has 1 N–H and O–H groups in total. The Morgan fingerprint density at radius 3 is 2.61 bits per heavy atom. The second kappa shape index (κ2) is 7.46. The summed E-state index contributed by atoms with van der Waals surface area (Å²) in [5.74, 6) is 0.636. The van der Waals surface area contributed by atoms with Crippen molar-refractivity contribution in [3.63, 3.8) is 0 Å². The smallest absolute Gasteiger partial charge is 0.256 e. The van der Waals surface area contributed by atoms with Gasteiger partial charge in [-0.15, -0.1) is 0 Å². The molecule has 2 aromatic rings. The van der Waals surface area contributed by atoms with Crippen LogP contribution in [0.3, 0.4) is 0 Å². The minimum Gasteiger partial charge on any atom is -0.491 e. The molecule has 0 spiro atoms. The van der Waals surface area contributed by atoms with Gasteiger partial charge in [0.15, 0.2) is 0 Å². The lowest BCUT2D eigenvalue weighted by Gasteiger charge is -2.12. The van der Waals surface area contributed by atoms with Crippen LogP contribution in [0.2, 0.25) is 5.15 Å². The van der Waals surface area contributed by atoms with Crippen molar-refractivity contribution in [3.05, 3.63) is 46.4 Å². The summed E-state index contributed by atoms with van der Waals surface area (Å²) in [5.41, 5.74) is 1.22. The largest absolute Gasteiger partial charge is 0.491 e. The van der Waals surface area contributed by atoms with E-state index in [-0.39, 0.29) is 35.5 Å². The van der Waals surface area contributed by atoms with Crippen molar-refractivity contribution < 1.29 is 14.6 Å². The topological polar surface area (TPSA) is 79.7 Å². The van der Waals surface area contributed by atoms with Crippen molar-refractivity contribution >= 4 is 17.3 Å². The molecule has 7 heteroatoms. The van der Waals surface area contributed by atoms with Crippen LogP contribution in [-0.4, -0.2) is 30.4 Å². The molecule has 0 aliphatic carbocycles. The van der Waals surface area contributed by atoms with Crippen LogP contribution in [0, 0.1) is 17.9 Å². The summed E-state index contributed by atoms with van der Waals surface area (Å²) in [7, 11) is 1.38. The Morgan fingerprint density at radius 1 is 1.39 bits per heavy atom. The van der Waals surface area contributed by atoms with Gasteiger partial charge in [0.2, 0.25) is 5.88 Å². The van der Waals surface area contributed by atoms with Crippen molar-refractivity contribution in [1.29, 1.82) is 5.26 Å². The fourth-order valence-corrected chi connectivity index (χ4v) is 2.25. The van der Waals surface area contributed by atoms with E-state index in [0.717, 1.165) is 0 Å². The summed E-state index contributed by atoms with van der Waals surface area (Å²) in [4.78, 5) is 7.36. The molecule has 1 aromatic heterocycles. The molecule has 0 amide bonds. The number of nitriles is 1. The fourth-order valence-electron chi connectivity index (χ4n) is 2.04. The van der Waals surface area contributed by atoms with Crippen LogP contribution in [0.1, 0.15) is 5.56 Å². The number of aliphatic hydroxyl groups is 1. The number of methoxy groups -OCH3 is 1. The zero-order valence-electron chi connectivity index (χ0n) is 12.2. The quantitative estimate of drug-likeness (QED) is 0.673. The van der Waals surface area contributed by atoms with E-state index in [1.165, 1.54) is 7.11 Å². The third-order valence-corrected chi connectivity index (χ3v) is 3.29. The maximum Gasteiger partial charge on any atom is 0.256 e. The van der Waals surface area contributed by atoms with Gasteiger partial charge >= 0.3 is 0 Å². The van der Waals surface area contributed by atoms with Gasteiger partial charge < -0.3 is 14.6 Å². The number of hydrogen-bond donors (Lipinski definition) is 1. The highest BCUT2D eigenvalue weighted by Crippen LogP contribution is 2.42. The molecule has 0 saturated heterocycles. The Labute approximate surface area is 138 Å². The molecule has 0 atom stereocenters. The Hall–Kier alpha value is -2.80. The second-order valence-electron chi connectivity index (χ2n) is 4.33. The lowest BCUT2D eigenvalue weighted by molar-refractivity contribution is 0.201. The first-order chi connectivity index (χ1) is 11.2. The molecule has 0 aliphatic heterocycles. The summed E-state index contributed by atoms with van der Waals surface area (Å²) < 4.78 is 10.4. The highest BCUT2D eigenvalue weighted by molar-refractivity contribution is 6.31. The standard InChI is InChI=1S/C16H12ClN3O3/c1-19-14-13(12(9-18)15(17)20-16(14)22-2)10-3-5-11(6-4-10)23-8-7-21/h3-6,21H,7-8H2,2H3. The van der Waals surface area contributed by atoms with Crippen molar-refractivity contribution in [1.82, 2.24) is 4.98 Å². The number of benzene rings is 1. The molecule has 0 fully saturated rings. The summed E-state index contributed by atoms with van der Waals surface area (Å²) in [6.45, 7) is 7.46. The number of nitrogens with zero attached hydrogens (tertiary/aromatic N) is 3. The van der Waals surface area contributed by atoms with E-state index in [2.05, 4.69) is 9.83 Å². The number of aromatic nitrogens is 1. The van der Waals surface area contributed by atoms with Crippen LogP contribution in [0.15, 0.2) is 24.3 Å². The molecule has 6 nitrogen and oxygen atoms in total. The molecule has 1 heterocycles. The predicted molar refractivity (Wildman–Crippen MR) is 84.8 cm³/mol. The highest BCUT2D eigenvalue weighted by Gasteiger charge is 2.21. The van der Waals surface area contributed by atoms with E-state index in [4.69, 9.17) is 32.8 Å². The van der Waals surface area contributed by atoms with Gasteiger partial charge in [0.05, 0.1) is 25.9 Å². The molecule has 2 rings (SSSR count). The van der Waals surface area contributed by atoms with E-state index in [0.29, 0.717) is 16.9 Å². The maximum atomic E-state index is 9.34. The number of aliphatic hydroxyl groups excluding tert-OH is 1. The van der Waals surface area contributed by atoms with Crippen molar-refractivity contribution in [2.75, 3.05) is 20.3 Å². The number of hydrogen-bond acceptors (Lipinski definition) is 5. The van der Waals surface area contributed by atoms with Gasteiger partial charge in [-0.3, -0.25) is 0 Å². The Kier molecular flexibility index (Phi) is 5.37. The van der Waals surface area contributed by atoms with Crippen molar-refractivity contribution in [3.8, 4) is 28.8 Å². The number of ether oxygens (including phenoxy) is 2. The van der Waals surface area contributed by atoms with E-state index in [1.807, 2.05) is 6.07 Å². The van der Waals surface area contributed by atoms with Crippen LogP contribution >= 0.6 is 11.6 Å². The maximum absolute atomic E-state index is 9.34. The monoisotopic (exact) mass is 329 g/mol. The Morgan fingerprint density at radius 2 is 2.09 bits per heavy atom. The van der Waals surface area contributed by atoms with Gasteiger partial charge in [-0.25, -0.2) is 9.83 Å². The van der Waals surface area contributed by atoms with Gasteiger partial charge in [0.1, 0.15) is 23.6 Å². The van der Waals surface area contributed by atoms with Gasteiger partial charge in [-0.1, -0.05) is 23.7 Å². The molecule has 0 bridgehead atoms. The average molecular weight is 330 g/mol. The molecular formula is C16H12ClN3O3. The molecule has 0 unspecified atom stereocenters.